The fourth-order valence-corrected chi connectivity index (χ4v) is 8.42. The van der Waals surface area contributed by atoms with Crippen molar-refractivity contribution in [3.8, 4) is 0 Å². The third-order valence-corrected chi connectivity index (χ3v) is 11.9. The molecule has 3 heterocycles. The summed E-state index contributed by atoms with van der Waals surface area (Å²) in [6.07, 6.45) is 9.85. The van der Waals surface area contributed by atoms with Gasteiger partial charge in [-0.2, -0.15) is 0 Å². The van der Waals surface area contributed by atoms with Crippen molar-refractivity contribution in [2.45, 2.75) is 88.9 Å². The van der Waals surface area contributed by atoms with E-state index < -0.39 is 5.82 Å². The molecule has 2 aromatic carbocycles. The predicted molar refractivity (Wildman–Crippen MR) is 188 cm³/mol. The molecular weight excluding hydrogens is 629 g/mol. The number of nitrogens with zero attached hydrogens (tertiary/aromatic N) is 4. The Bertz CT molecular complexity index is 1660. The van der Waals surface area contributed by atoms with Gasteiger partial charge in [-0.1, -0.05) is 36.7 Å². The molecule has 0 bridgehead atoms. The average Bonchev–Trinajstić information content (AvgIpc) is 3.54. The monoisotopic (exact) mass is 677 g/mol. The normalized spacial score (nSPS) is 26.2. The van der Waals surface area contributed by atoms with Crippen molar-refractivity contribution in [1.29, 1.82) is 0 Å². The Kier molecular flexibility index (Phi) is 9.59. The number of aromatic nitrogens is 1. The van der Waals surface area contributed by atoms with Gasteiger partial charge in [0, 0.05) is 68.5 Å². The quantitative estimate of drug-likeness (QED) is 0.280. The lowest BCUT2D eigenvalue weighted by Gasteiger charge is -2.40. The summed E-state index contributed by atoms with van der Waals surface area (Å²) in [5.41, 5.74) is 2.19. The van der Waals surface area contributed by atoms with Crippen molar-refractivity contribution in [1.82, 2.24) is 19.3 Å². The number of hydrogen-bond donors (Lipinski definition) is 1. The van der Waals surface area contributed by atoms with Crippen LogP contribution in [0.25, 0.3) is 10.9 Å². The van der Waals surface area contributed by atoms with Crippen molar-refractivity contribution in [2.24, 2.45) is 13.0 Å². The SMILES string of the molecule is CC1CCC(OC[C@@H]2C[C@H](N3CCN(C4(C)CC4)CC3)CN2C(=O)Cc2cc(Cl)c(NC(=O)c3cn(C)c4ccccc34)cc2F)CC1. The van der Waals surface area contributed by atoms with E-state index in [-0.39, 0.29) is 52.7 Å². The van der Waals surface area contributed by atoms with Crippen molar-refractivity contribution in [2.75, 3.05) is 44.6 Å². The summed E-state index contributed by atoms with van der Waals surface area (Å²) in [7, 11) is 1.88. The number of hydrogen-bond acceptors (Lipinski definition) is 5. The maximum absolute atomic E-state index is 15.6. The Morgan fingerprint density at radius 3 is 2.52 bits per heavy atom. The van der Waals surface area contributed by atoms with Crippen LogP contribution in [0.2, 0.25) is 5.02 Å². The van der Waals surface area contributed by atoms with Crippen molar-refractivity contribution >= 4 is 40.0 Å². The average molecular weight is 678 g/mol. The van der Waals surface area contributed by atoms with Crippen LogP contribution in [0.3, 0.4) is 0 Å². The zero-order valence-electron chi connectivity index (χ0n) is 28.5. The van der Waals surface area contributed by atoms with E-state index in [1.165, 1.54) is 37.8 Å². The van der Waals surface area contributed by atoms with E-state index >= 15 is 4.39 Å². The second kappa shape index (κ2) is 13.7. The Morgan fingerprint density at radius 2 is 1.79 bits per heavy atom. The van der Waals surface area contributed by atoms with Crippen molar-refractivity contribution in [3.63, 3.8) is 0 Å². The molecule has 0 radical (unpaired) electrons. The lowest BCUT2D eigenvalue weighted by atomic mass is 9.89. The van der Waals surface area contributed by atoms with E-state index in [0.29, 0.717) is 24.3 Å². The van der Waals surface area contributed by atoms with Gasteiger partial charge < -0.3 is 19.5 Å². The molecule has 2 amide bonds. The molecule has 3 aromatic rings. The highest BCUT2D eigenvalue weighted by molar-refractivity contribution is 6.34. The van der Waals surface area contributed by atoms with Gasteiger partial charge in [0.1, 0.15) is 5.82 Å². The first-order chi connectivity index (χ1) is 23.1. The number of halogens is 2. The molecule has 2 saturated carbocycles. The topological polar surface area (TPSA) is 70.1 Å². The summed E-state index contributed by atoms with van der Waals surface area (Å²) in [5, 5.41) is 3.78. The molecule has 7 rings (SSSR count). The van der Waals surface area contributed by atoms with Gasteiger partial charge in [-0.3, -0.25) is 19.4 Å². The van der Waals surface area contributed by atoms with Gasteiger partial charge in [0.2, 0.25) is 5.91 Å². The highest BCUT2D eigenvalue weighted by atomic mass is 35.5. The molecule has 2 saturated heterocycles. The molecule has 4 aliphatic rings. The van der Waals surface area contributed by atoms with Crippen LogP contribution in [0.15, 0.2) is 42.6 Å². The number of carbonyl (C=O) groups is 2. The highest BCUT2D eigenvalue weighted by Crippen LogP contribution is 2.41. The van der Waals surface area contributed by atoms with Gasteiger partial charge in [-0.15, -0.1) is 0 Å². The number of ether oxygens (including phenoxy) is 1. The van der Waals surface area contributed by atoms with Crippen LogP contribution >= 0.6 is 11.6 Å². The molecule has 2 aliphatic carbocycles. The fraction of sp³-hybridized carbons (Fsp3) is 0.579. The molecule has 2 aliphatic heterocycles. The lowest BCUT2D eigenvalue weighted by molar-refractivity contribution is -0.133. The number of nitrogens with one attached hydrogen (secondary N) is 1. The molecular formula is C38H49ClFN5O3. The zero-order chi connectivity index (χ0) is 33.6. The van der Waals surface area contributed by atoms with E-state index in [1.54, 1.807) is 6.20 Å². The Balaban J connectivity index is 1.03. The standard InChI is InChI=1S/C38H49ClFN5O3/c1-25-8-10-29(11-9-25)48-24-28-20-27(43-14-16-44(17-15-43)38(2)12-13-38)22-45(28)36(46)19-26-18-32(39)34(21-33(26)40)41-37(47)31-23-42(3)35-7-5-4-6-30(31)35/h4-7,18,21,23,25,27-29H,8-17,19-20,22,24H2,1-3H3,(H,41,47)/t25?,27-,28-,29?/m0/s1. The van der Waals surface area contributed by atoms with E-state index in [4.69, 9.17) is 16.3 Å². The summed E-state index contributed by atoms with van der Waals surface area (Å²) in [5.74, 6) is -0.307. The number of para-hydroxylation sites is 1. The number of benzene rings is 2. The summed E-state index contributed by atoms with van der Waals surface area (Å²) in [6, 6.07) is 10.5. The van der Waals surface area contributed by atoms with Gasteiger partial charge >= 0.3 is 0 Å². The maximum atomic E-state index is 15.6. The Hall–Kier alpha value is -2.98. The molecule has 4 fully saturated rings. The number of aryl methyl sites for hydroxylation is 1. The summed E-state index contributed by atoms with van der Waals surface area (Å²) < 4.78 is 23.9. The van der Waals surface area contributed by atoms with Crippen LogP contribution < -0.4 is 5.32 Å². The number of likely N-dealkylation sites (tertiary alicyclic amines) is 1. The molecule has 1 N–H and O–H groups in total. The van der Waals surface area contributed by atoms with Gasteiger partial charge in [-0.25, -0.2) is 4.39 Å². The van der Waals surface area contributed by atoms with Gasteiger partial charge in [0.15, 0.2) is 0 Å². The van der Waals surface area contributed by atoms with Crippen LogP contribution in [-0.2, 0) is 23.0 Å². The van der Waals surface area contributed by atoms with Gasteiger partial charge in [0.25, 0.3) is 5.91 Å². The first-order valence-corrected chi connectivity index (χ1v) is 18.2. The van der Waals surface area contributed by atoms with Crippen molar-refractivity contribution in [3.05, 3.63) is 64.6 Å². The molecule has 48 heavy (non-hydrogen) atoms. The molecule has 0 spiro atoms. The number of fused-ring (bicyclic) bond motifs is 1. The minimum atomic E-state index is -0.564. The second-order valence-electron chi connectivity index (χ2n) is 15.0. The Morgan fingerprint density at radius 1 is 1.06 bits per heavy atom. The molecule has 10 heteroatoms. The smallest absolute Gasteiger partial charge is 0.257 e. The third-order valence-electron chi connectivity index (χ3n) is 11.6. The molecule has 0 unspecified atom stereocenters. The lowest BCUT2D eigenvalue weighted by Crippen LogP contribution is -2.54. The number of rotatable bonds is 9. The van der Waals surface area contributed by atoms with Gasteiger partial charge in [-0.05, 0) is 81.5 Å². The first-order valence-electron chi connectivity index (χ1n) is 17.8. The van der Waals surface area contributed by atoms with Crippen LogP contribution in [0.1, 0.15) is 74.7 Å². The second-order valence-corrected chi connectivity index (χ2v) is 15.5. The van der Waals surface area contributed by atoms with Crippen LogP contribution in [0, 0.1) is 11.7 Å². The van der Waals surface area contributed by atoms with Crippen LogP contribution in [0.5, 0.6) is 0 Å². The number of piperazine rings is 1. The van der Waals surface area contributed by atoms with Gasteiger partial charge in [0.05, 0.1) is 41.4 Å². The first kappa shape index (κ1) is 33.5. The van der Waals surface area contributed by atoms with E-state index in [9.17, 15) is 9.59 Å². The molecule has 258 valence electrons. The van der Waals surface area contributed by atoms with E-state index in [0.717, 1.165) is 62.3 Å². The minimum Gasteiger partial charge on any atom is -0.376 e. The summed E-state index contributed by atoms with van der Waals surface area (Å²) in [4.78, 5) is 34.3. The fourth-order valence-electron chi connectivity index (χ4n) is 8.18. The number of amides is 2. The highest BCUT2D eigenvalue weighted by Gasteiger charge is 2.45. The van der Waals surface area contributed by atoms with Crippen LogP contribution in [0.4, 0.5) is 10.1 Å². The summed E-state index contributed by atoms with van der Waals surface area (Å²) in [6.45, 7) is 9.96. The van der Waals surface area contributed by atoms with E-state index in [2.05, 4.69) is 29.0 Å². The van der Waals surface area contributed by atoms with E-state index in [1.807, 2.05) is 40.8 Å². The minimum absolute atomic E-state index is 0.0429. The zero-order valence-corrected chi connectivity index (χ0v) is 29.3. The third kappa shape index (κ3) is 7.02. The number of anilines is 1. The molecule has 2 atom stereocenters. The molecule has 1 aromatic heterocycles. The van der Waals surface area contributed by atoms with Crippen molar-refractivity contribution < 1.29 is 18.7 Å². The largest absolute Gasteiger partial charge is 0.376 e. The summed E-state index contributed by atoms with van der Waals surface area (Å²) >= 11 is 6.60. The molecule has 8 nitrogen and oxygen atoms in total. The number of carbonyl (C=O) groups excluding carboxylic acids is 2. The predicted octanol–water partition coefficient (Wildman–Crippen LogP) is 6.50. The van der Waals surface area contributed by atoms with Crippen LogP contribution in [-0.4, -0.2) is 94.1 Å². The maximum Gasteiger partial charge on any atom is 0.257 e. The Labute approximate surface area is 288 Å².